The number of nitrogens with zero attached hydrogens (tertiary/aromatic N) is 2. The summed E-state index contributed by atoms with van der Waals surface area (Å²) >= 11 is 0. The van der Waals surface area contributed by atoms with Gasteiger partial charge in [-0.05, 0) is 72.8 Å². The summed E-state index contributed by atoms with van der Waals surface area (Å²) in [6.07, 6.45) is 8.05. The number of nitrogens with one attached hydrogen (secondary N) is 2. The van der Waals surface area contributed by atoms with E-state index in [0.29, 0.717) is 0 Å². The van der Waals surface area contributed by atoms with Gasteiger partial charge in [0, 0.05) is 38.6 Å². The number of aromatic nitrogens is 4. The fourth-order valence-corrected chi connectivity index (χ4v) is 2.94. The first-order valence-electron chi connectivity index (χ1n) is 7.85. The van der Waals surface area contributed by atoms with Gasteiger partial charge in [-0.2, -0.15) is 0 Å². The number of hydrogen-bond acceptors (Lipinski definition) is 2. The van der Waals surface area contributed by atoms with Gasteiger partial charge in [0.15, 0.2) is 0 Å². The van der Waals surface area contributed by atoms with Crippen LogP contribution in [-0.2, 0) is 16.5 Å². The van der Waals surface area contributed by atoms with Gasteiger partial charge in [0.1, 0.15) is 0 Å². The second kappa shape index (κ2) is 6.19. The Morgan fingerprint density at radius 2 is 0.840 bits per heavy atom. The second-order valence-corrected chi connectivity index (χ2v) is 5.91. The molecule has 25 heavy (non-hydrogen) atoms. The molecule has 0 saturated carbocycles. The Labute approximate surface area is 154 Å². The van der Waals surface area contributed by atoms with Crippen molar-refractivity contribution >= 4 is 46.4 Å². The molecule has 0 aliphatic carbocycles. The van der Waals surface area contributed by atoms with Crippen molar-refractivity contribution in [1.29, 1.82) is 0 Å². The predicted octanol–water partition coefficient (Wildman–Crippen LogP) is 4.65. The van der Waals surface area contributed by atoms with Crippen molar-refractivity contribution < 1.29 is 16.5 Å². The van der Waals surface area contributed by atoms with Gasteiger partial charge in [-0.15, -0.1) is 0 Å². The molecule has 0 saturated heterocycles. The summed E-state index contributed by atoms with van der Waals surface area (Å²) in [5, 5.41) is 0. The van der Waals surface area contributed by atoms with E-state index in [2.05, 4.69) is 50.3 Å². The van der Waals surface area contributed by atoms with E-state index in [4.69, 9.17) is 0 Å². The maximum Gasteiger partial charge on any atom is 0.0659 e. The van der Waals surface area contributed by atoms with Crippen molar-refractivity contribution in [3.8, 4) is 0 Å². The van der Waals surface area contributed by atoms with E-state index in [9.17, 15) is 0 Å². The summed E-state index contributed by atoms with van der Waals surface area (Å²) < 4.78 is 0. The fourth-order valence-electron chi connectivity index (χ4n) is 2.94. The number of H-pyrrole nitrogens is 2. The Morgan fingerprint density at radius 1 is 0.480 bits per heavy atom. The molecule has 0 spiro atoms. The summed E-state index contributed by atoms with van der Waals surface area (Å²) in [5.74, 6) is 0. The van der Waals surface area contributed by atoms with Crippen molar-refractivity contribution in [2.45, 2.75) is 0 Å². The average Bonchev–Trinajstić information content (AvgIpc) is 3.32. The van der Waals surface area contributed by atoms with Crippen LogP contribution in [0.1, 0.15) is 22.8 Å². The van der Waals surface area contributed by atoms with Crippen LogP contribution in [-0.4, -0.2) is 19.9 Å². The summed E-state index contributed by atoms with van der Waals surface area (Å²) in [5.41, 5.74) is 7.86. The van der Waals surface area contributed by atoms with Gasteiger partial charge in [-0.1, -0.05) is 0 Å². The van der Waals surface area contributed by atoms with Crippen LogP contribution in [0, 0.1) is 0 Å². The van der Waals surface area contributed by atoms with Gasteiger partial charge < -0.3 is 9.97 Å². The molecule has 5 rings (SSSR count). The largest absolute Gasteiger partial charge is 0.355 e. The van der Waals surface area contributed by atoms with Crippen LogP contribution in [0.25, 0.3) is 46.4 Å². The molecule has 0 radical (unpaired) electrons. The van der Waals surface area contributed by atoms with Crippen molar-refractivity contribution in [2.75, 3.05) is 0 Å². The minimum absolute atomic E-state index is 0. The van der Waals surface area contributed by atoms with Gasteiger partial charge in [-0.25, -0.2) is 9.97 Å². The van der Waals surface area contributed by atoms with E-state index in [0.717, 1.165) is 44.8 Å². The fraction of sp³-hybridized carbons (Fsp3) is 0. The van der Waals surface area contributed by atoms with Gasteiger partial charge in [0.2, 0.25) is 0 Å². The van der Waals surface area contributed by atoms with Crippen LogP contribution >= 0.6 is 0 Å². The smallest absolute Gasteiger partial charge is 0.0659 e. The van der Waals surface area contributed by atoms with Crippen molar-refractivity contribution in [1.82, 2.24) is 19.9 Å². The molecule has 3 aromatic heterocycles. The standard InChI is InChI=1S/C20H14N4.Ni/c1-2-14-10-16-5-6-18(23-16)12-20-8-7-19(24-20)11-17-4-3-15(22-17)9-13(1)21-14;/h1-12,21-22H;. The van der Waals surface area contributed by atoms with E-state index in [1.807, 2.05) is 42.5 Å². The molecule has 2 aliphatic heterocycles. The average molecular weight is 369 g/mol. The molecule has 2 aliphatic rings. The van der Waals surface area contributed by atoms with Gasteiger partial charge >= 0.3 is 0 Å². The van der Waals surface area contributed by atoms with Crippen molar-refractivity contribution in [2.24, 2.45) is 0 Å². The summed E-state index contributed by atoms with van der Waals surface area (Å²) in [4.78, 5) is 16.0. The predicted molar refractivity (Wildman–Crippen MR) is 98.9 cm³/mol. The van der Waals surface area contributed by atoms with E-state index in [1.54, 1.807) is 0 Å². The second-order valence-electron chi connectivity index (χ2n) is 5.91. The van der Waals surface area contributed by atoms with Crippen LogP contribution in [0.2, 0.25) is 0 Å². The molecule has 4 nitrogen and oxygen atoms in total. The van der Waals surface area contributed by atoms with Crippen LogP contribution < -0.4 is 0 Å². The number of aromatic amines is 2. The molecular weight excluding hydrogens is 355 g/mol. The number of rotatable bonds is 0. The van der Waals surface area contributed by atoms with E-state index in [1.165, 1.54) is 0 Å². The molecule has 0 amide bonds. The SMILES string of the molecule is C1=Cc2cc3ccc(cc4ccc(cc5nc(cc1n2)C=C5)[nH]4)[nH]3.[Ni]. The maximum atomic E-state index is 4.62. The first-order chi connectivity index (χ1) is 11.8. The molecule has 8 bridgehead atoms. The summed E-state index contributed by atoms with van der Waals surface area (Å²) in [6.45, 7) is 0. The topological polar surface area (TPSA) is 57.4 Å². The molecule has 2 N–H and O–H groups in total. The quantitative estimate of drug-likeness (QED) is 0.391. The van der Waals surface area contributed by atoms with E-state index >= 15 is 0 Å². The number of hydrogen-bond donors (Lipinski definition) is 2. The number of fused-ring (bicyclic) bond motifs is 8. The van der Waals surface area contributed by atoms with E-state index < -0.39 is 0 Å². The van der Waals surface area contributed by atoms with Crippen molar-refractivity contribution in [3.63, 3.8) is 0 Å². The molecule has 0 aromatic carbocycles. The Balaban J connectivity index is 0.00000157. The third-order valence-electron chi connectivity index (χ3n) is 4.04. The molecule has 5 heterocycles. The van der Waals surface area contributed by atoms with Crippen LogP contribution in [0.4, 0.5) is 0 Å². The Bertz CT molecular complexity index is 1080. The third-order valence-corrected chi connectivity index (χ3v) is 4.04. The monoisotopic (exact) mass is 368 g/mol. The summed E-state index contributed by atoms with van der Waals surface area (Å²) in [6, 6.07) is 16.4. The Hall–Kier alpha value is -2.91. The molecule has 5 heteroatoms. The van der Waals surface area contributed by atoms with Crippen molar-refractivity contribution in [3.05, 3.63) is 71.3 Å². The Morgan fingerprint density at radius 3 is 1.28 bits per heavy atom. The zero-order valence-corrected chi connectivity index (χ0v) is 14.1. The molecule has 124 valence electrons. The maximum absolute atomic E-state index is 4.62. The van der Waals surface area contributed by atoms with Crippen LogP contribution in [0.3, 0.4) is 0 Å². The van der Waals surface area contributed by atoms with Gasteiger partial charge in [0.25, 0.3) is 0 Å². The molecule has 3 aromatic rings. The normalized spacial score (nSPS) is 12.2. The Kier molecular flexibility index (Phi) is 3.87. The minimum atomic E-state index is 0. The van der Waals surface area contributed by atoms with Crippen LogP contribution in [0.5, 0.6) is 0 Å². The molecule has 0 fully saturated rings. The minimum Gasteiger partial charge on any atom is -0.355 e. The molecule has 0 atom stereocenters. The third kappa shape index (κ3) is 3.19. The molecular formula is C20H14N4Ni. The van der Waals surface area contributed by atoms with E-state index in [-0.39, 0.29) is 16.5 Å². The first-order valence-corrected chi connectivity index (χ1v) is 7.85. The zero-order valence-electron chi connectivity index (χ0n) is 13.1. The van der Waals surface area contributed by atoms with Crippen LogP contribution in [0.15, 0.2) is 48.5 Å². The zero-order chi connectivity index (χ0) is 15.9. The first kappa shape index (κ1) is 15.6. The van der Waals surface area contributed by atoms with Gasteiger partial charge in [0.05, 0.1) is 22.8 Å². The van der Waals surface area contributed by atoms with Gasteiger partial charge in [-0.3, -0.25) is 0 Å². The summed E-state index contributed by atoms with van der Waals surface area (Å²) in [7, 11) is 0. The molecule has 0 unspecified atom stereocenters.